The maximum absolute atomic E-state index is 12.2. The van der Waals surface area contributed by atoms with Crippen LogP contribution in [-0.2, 0) is 20.9 Å². The molecule has 3 aliphatic rings. The van der Waals surface area contributed by atoms with E-state index in [2.05, 4.69) is 22.3 Å². The Bertz CT molecular complexity index is 817. The van der Waals surface area contributed by atoms with Gasteiger partial charge in [0.05, 0.1) is 6.10 Å². The maximum atomic E-state index is 12.2. The molecule has 2 saturated heterocycles. The van der Waals surface area contributed by atoms with E-state index >= 15 is 0 Å². The third kappa shape index (κ3) is 5.79. The molecule has 0 bridgehead atoms. The molecule has 1 aromatic rings. The number of aliphatic carboxylic acids is 1. The summed E-state index contributed by atoms with van der Waals surface area (Å²) >= 11 is 0. The van der Waals surface area contributed by atoms with E-state index in [0.29, 0.717) is 12.8 Å². The van der Waals surface area contributed by atoms with Crippen LogP contribution < -0.4 is 14.8 Å². The van der Waals surface area contributed by atoms with E-state index in [1.54, 1.807) is 0 Å². The fourth-order valence-corrected chi connectivity index (χ4v) is 3.85. The first-order valence-electron chi connectivity index (χ1n) is 9.93. The molecule has 0 aromatic heterocycles. The molecule has 0 spiro atoms. The Morgan fingerprint density at radius 2 is 1.94 bits per heavy atom. The number of nitrogens with zero attached hydrogens (tertiary/aromatic N) is 1. The Balaban J connectivity index is 0.000000339. The van der Waals surface area contributed by atoms with Crippen molar-refractivity contribution < 1.29 is 42.1 Å². The van der Waals surface area contributed by atoms with Crippen LogP contribution in [0.15, 0.2) is 18.2 Å². The Hall–Kier alpha value is -2.53. The van der Waals surface area contributed by atoms with Crippen LogP contribution in [0.1, 0.15) is 32.3 Å². The first-order chi connectivity index (χ1) is 14.5. The number of hydrogen-bond donors (Lipinski definition) is 2. The highest BCUT2D eigenvalue weighted by Gasteiger charge is 2.45. The summed E-state index contributed by atoms with van der Waals surface area (Å²) in [5, 5.41) is 10.1. The lowest BCUT2D eigenvalue weighted by molar-refractivity contribution is -0.192. The molecule has 0 aliphatic carbocycles. The molecule has 3 heterocycles. The highest BCUT2D eigenvalue weighted by atomic mass is 19.4. The number of likely N-dealkylation sites (tertiary alicyclic amines) is 1. The second-order valence-electron chi connectivity index (χ2n) is 7.88. The van der Waals surface area contributed by atoms with E-state index in [1.165, 1.54) is 5.56 Å². The predicted molar refractivity (Wildman–Crippen MR) is 102 cm³/mol. The van der Waals surface area contributed by atoms with Gasteiger partial charge in [0.15, 0.2) is 11.5 Å². The molecule has 0 saturated carbocycles. The smallest absolute Gasteiger partial charge is 0.475 e. The molecule has 2 fully saturated rings. The van der Waals surface area contributed by atoms with Crippen LogP contribution in [0.25, 0.3) is 0 Å². The molecular formula is C20H25F3N2O6. The highest BCUT2D eigenvalue weighted by Crippen LogP contribution is 2.36. The second kappa shape index (κ2) is 9.31. The molecule has 3 aliphatic heterocycles. The van der Waals surface area contributed by atoms with Crippen molar-refractivity contribution in [3.63, 3.8) is 0 Å². The SMILES string of the molecule is CC(C)NC(=O)[C@H]1C[C@H]2[C@H](CCN2Cc2ccc3c(c2)OCO3)O1.O=C(O)C(F)(F)F. The van der Waals surface area contributed by atoms with Gasteiger partial charge in [-0.25, -0.2) is 4.79 Å². The minimum Gasteiger partial charge on any atom is -0.475 e. The molecule has 4 rings (SSSR count). The van der Waals surface area contributed by atoms with Crippen LogP contribution in [0.4, 0.5) is 13.2 Å². The number of halogens is 3. The van der Waals surface area contributed by atoms with Crippen molar-refractivity contribution in [2.24, 2.45) is 0 Å². The Kier molecular flexibility index (Phi) is 6.95. The van der Waals surface area contributed by atoms with Crippen LogP contribution >= 0.6 is 0 Å². The summed E-state index contributed by atoms with van der Waals surface area (Å²) in [5.74, 6) is -1.11. The van der Waals surface area contributed by atoms with Crippen LogP contribution in [0, 0.1) is 0 Å². The molecular weight excluding hydrogens is 421 g/mol. The molecule has 0 unspecified atom stereocenters. The molecule has 11 heteroatoms. The number of ether oxygens (including phenoxy) is 3. The van der Waals surface area contributed by atoms with E-state index in [1.807, 2.05) is 19.9 Å². The largest absolute Gasteiger partial charge is 0.490 e. The summed E-state index contributed by atoms with van der Waals surface area (Å²) in [4.78, 5) is 23.5. The van der Waals surface area contributed by atoms with Crippen LogP contribution in [0.5, 0.6) is 11.5 Å². The normalized spacial score (nSPS) is 24.5. The van der Waals surface area contributed by atoms with Gasteiger partial charge in [0.2, 0.25) is 12.7 Å². The monoisotopic (exact) mass is 446 g/mol. The molecule has 31 heavy (non-hydrogen) atoms. The number of carbonyl (C=O) groups excluding carboxylic acids is 1. The van der Waals surface area contributed by atoms with Crippen molar-refractivity contribution in [1.29, 1.82) is 0 Å². The van der Waals surface area contributed by atoms with E-state index in [-0.39, 0.29) is 24.2 Å². The van der Waals surface area contributed by atoms with Crippen LogP contribution in [-0.4, -0.2) is 65.7 Å². The van der Waals surface area contributed by atoms with Crippen molar-refractivity contribution >= 4 is 11.9 Å². The van der Waals surface area contributed by atoms with E-state index < -0.39 is 12.1 Å². The van der Waals surface area contributed by atoms with E-state index in [4.69, 9.17) is 24.1 Å². The number of amides is 1. The summed E-state index contributed by atoms with van der Waals surface area (Å²) in [6.45, 7) is 6.09. The van der Waals surface area contributed by atoms with Crippen LogP contribution in [0.3, 0.4) is 0 Å². The summed E-state index contributed by atoms with van der Waals surface area (Å²) < 4.78 is 48.5. The topological polar surface area (TPSA) is 97.3 Å². The summed E-state index contributed by atoms with van der Waals surface area (Å²) in [6, 6.07) is 6.56. The zero-order valence-corrected chi connectivity index (χ0v) is 17.1. The van der Waals surface area contributed by atoms with Gasteiger partial charge < -0.3 is 24.6 Å². The molecule has 172 valence electrons. The first kappa shape index (κ1) is 23.1. The second-order valence-corrected chi connectivity index (χ2v) is 7.88. The molecule has 3 atom stereocenters. The number of fused-ring (bicyclic) bond motifs is 2. The Morgan fingerprint density at radius 1 is 1.26 bits per heavy atom. The van der Waals surface area contributed by atoms with Gasteiger partial charge in [-0.15, -0.1) is 0 Å². The summed E-state index contributed by atoms with van der Waals surface area (Å²) in [5.41, 5.74) is 1.20. The zero-order chi connectivity index (χ0) is 22.8. The van der Waals surface area contributed by atoms with Gasteiger partial charge in [-0.3, -0.25) is 9.69 Å². The first-order valence-corrected chi connectivity index (χ1v) is 9.93. The number of rotatable bonds is 4. The third-order valence-electron chi connectivity index (χ3n) is 5.18. The number of carboxylic acid groups (broad SMARTS) is 1. The number of hydrogen-bond acceptors (Lipinski definition) is 6. The lowest BCUT2D eigenvalue weighted by Gasteiger charge is -2.23. The predicted octanol–water partition coefficient (Wildman–Crippen LogP) is 2.30. The lowest BCUT2D eigenvalue weighted by Crippen LogP contribution is -2.39. The molecule has 1 aromatic carbocycles. The van der Waals surface area contributed by atoms with Crippen molar-refractivity contribution in [1.82, 2.24) is 10.2 Å². The van der Waals surface area contributed by atoms with E-state index in [9.17, 15) is 18.0 Å². The molecule has 0 radical (unpaired) electrons. The maximum Gasteiger partial charge on any atom is 0.490 e. The van der Waals surface area contributed by atoms with Crippen molar-refractivity contribution in [2.75, 3.05) is 13.3 Å². The standard InChI is InChI=1S/C18H24N2O4.C2HF3O2/c1-11(2)19-18(21)17-8-13-14(24-17)5-6-20(13)9-12-3-4-15-16(7-12)23-10-22-15;3-2(4,5)1(6)7/h3-4,7,11,13-14,17H,5-6,8-10H2,1-2H3,(H,19,21);(H,6,7)/t13-,14-,17+;/m0./s1. The van der Waals surface area contributed by atoms with E-state index in [0.717, 1.165) is 37.4 Å². The lowest BCUT2D eigenvalue weighted by atomic mass is 10.1. The van der Waals surface area contributed by atoms with Crippen LogP contribution in [0.2, 0.25) is 0 Å². The average Bonchev–Trinajstić information content (AvgIpc) is 3.37. The van der Waals surface area contributed by atoms with Gasteiger partial charge >= 0.3 is 12.1 Å². The zero-order valence-electron chi connectivity index (χ0n) is 17.1. The number of nitrogens with one attached hydrogen (secondary N) is 1. The number of benzene rings is 1. The highest BCUT2D eigenvalue weighted by molar-refractivity contribution is 5.81. The molecule has 1 amide bonds. The number of alkyl halides is 3. The fourth-order valence-electron chi connectivity index (χ4n) is 3.85. The van der Waals surface area contributed by atoms with Crippen molar-refractivity contribution in [3.8, 4) is 11.5 Å². The Morgan fingerprint density at radius 3 is 2.58 bits per heavy atom. The number of carboxylic acids is 1. The number of carbonyl (C=O) groups is 2. The minimum atomic E-state index is -5.08. The minimum absolute atomic E-state index is 0.0161. The third-order valence-corrected chi connectivity index (χ3v) is 5.18. The summed E-state index contributed by atoms with van der Waals surface area (Å²) in [7, 11) is 0. The van der Waals surface area contributed by atoms with Gasteiger partial charge in [-0.2, -0.15) is 13.2 Å². The summed E-state index contributed by atoms with van der Waals surface area (Å²) in [6.07, 6.45) is -3.47. The van der Waals surface area contributed by atoms with Gasteiger partial charge in [0.1, 0.15) is 6.10 Å². The Labute approximate surface area is 177 Å². The molecule has 2 N–H and O–H groups in total. The van der Waals surface area contributed by atoms with Gasteiger partial charge in [0.25, 0.3) is 0 Å². The average molecular weight is 446 g/mol. The van der Waals surface area contributed by atoms with Crippen molar-refractivity contribution in [3.05, 3.63) is 23.8 Å². The van der Waals surface area contributed by atoms with Gasteiger partial charge in [0, 0.05) is 31.6 Å². The van der Waals surface area contributed by atoms with Gasteiger partial charge in [-0.05, 0) is 38.0 Å². The fraction of sp³-hybridized carbons (Fsp3) is 0.600. The quantitative estimate of drug-likeness (QED) is 0.733. The van der Waals surface area contributed by atoms with Crippen molar-refractivity contribution in [2.45, 2.75) is 63.7 Å². The molecule has 8 nitrogen and oxygen atoms in total. The van der Waals surface area contributed by atoms with Gasteiger partial charge in [-0.1, -0.05) is 6.07 Å².